The van der Waals surface area contributed by atoms with Gasteiger partial charge in [-0.15, -0.1) is 0 Å². The summed E-state index contributed by atoms with van der Waals surface area (Å²) in [6, 6.07) is 13.5. The predicted molar refractivity (Wildman–Crippen MR) is 73.3 cm³/mol. The summed E-state index contributed by atoms with van der Waals surface area (Å²) in [5.74, 6) is 0.447. The summed E-state index contributed by atoms with van der Waals surface area (Å²) in [7, 11) is 0. The van der Waals surface area contributed by atoms with Crippen molar-refractivity contribution in [3.8, 4) is 11.8 Å². The van der Waals surface area contributed by atoms with Gasteiger partial charge in [0.1, 0.15) is 12.4 Å². The minimum absolute atomic E-state index is 0.000879. The average molecular weight is 268 g/mol. The smallest absolute Gasteiger partial charge is 0.273 e. The fourth-order valence-corrected chi connectivity index (χ4v) is 1.78. The molecule has 0 spiro atoms. The first-order valence-electron chi connectivity index (χ1n) is 5.97. The lowest BCUT2D eigenvalue weighted by atomic mass is 10.1. The number of hydrogen-bond acceptors (Lipinski definition) is 4. The third-order valence-corrected chi connectivity index (χ3v) is 2.89. The molecule has 0 aliphatic heterocycles. The Morgan fingerprint density at radius 2 is 2.10 bits per heavy atom. The van der Waals surface area contributed by atoms with Gasteiger partial charge in [-0.05, 0) is 36.2 Å². The summed E-state index contributed by atoms with van der Waals surface area (Å²) >= 11 is 0. The molecule has 0 aliphatic carbocycles. The first-order chi connectivity index (χ1) is 9.60. The van der Waals surface area contributed by atoms with Gasteiger partial charge in [0.2, 0.25) is 0 Å². The molecule has 0 atom stereocenters. The Labute approximate surface area is 116 Å². The van der Waals surface area contributed by atoms with E-state index in [-0.39, 0.29) is 5.69 Å². The van der Waals surface area contributed by atoms with Crippen molar-refractivity contribution in [2.75, 3.05) is 0 Å². The molecular formula is C15H12N2O3. The van der Waals surface area contributed by atoms with Gasteiger partial charge >= 0.3 is 0 Å². The van der Waals surface area contributed by atoms with Gasteiger partial charge in [-0.2, -0.15) is 5.26 Å². The Bertz CT molecular complexity index is 690. The number of nitro groups is 1. The van der Waals surface area contributed by atoms with E-state index in [1.165, 1.54) is 12.1 Å². The van der Waals surface area contributed by atoms with Crippen LogP contribution < -0.4 is 4.74 Å². The highest BCUT2D eigenvalue weighted by atomic mass is 16.6. The van der Waals surface area contributed by atoms with E-state index >= 15 is 0 Å². The van der Waals surface area contributed by atoms with Crippen LogP contribution in [0, 0.1) is 28.4 Å². The number of non-ortho nitro benzene ring substituents is 1. The van der Waals surface area contributed by atoms with Crippen LogP contribution in [0.2, 0.25) is 0 Å². The fraction of sp³-hybridized carbons (Fsp3) is 0.133. The zero-order chi connectivity index (χ0) is 14.5. The molecule has 0 bridgehead atoms. The van der Waals surface area contributed by atoms with E-state index in [0.29, 0.717) is 17.9 Å². The standard InChI is InChI=1S/C15H12N2O3/c1-11-7-12(9-16)5-6-13(11)10-20-15-4-2-3-14(8-15)17(18)19/h2-8H,10H2,1H3. The molecule has 100 valence electrons. The molecule has 20 heavy (non-hydrogen) atoms. The first kappa shape index (κ1) is 13.6. The fourth-order valence-electron chi connectivity index (χ4n) is 1.78. The van der Waals surface area contributed by atoms with Crippen molar-refractivity contribution < 1.29 is 9.66 Å². The van der Waals surface area contributed by atoms with Gasteiger partial charge in [0, 0.05) is 6.07 Å². The minimum Gasteiger partial charge on any atom is -0.489 e. The number of hydrogen-bond donors (Lipinski definition) is 0. The largest absolute Gasteiger partial charge is 0.489 e. The number of nitro benzene ring substituents is 1. The Morgan fingerprint density at radius 1 is 1.30 bits per heavy atom. The number of ether oxygens (including phenoxy) is 1. The molecule has 5 nitrogen and oxygen atoms in total. The maximum absolute atomic E-state index is 10.7. The quantitative estimate of drug-likeness (QED) is 0.629. The molecule has 2 aromatic rings. The molecule has 2 rings (SSSR count). The molecule has 0 heterocycles. The van der Waals surface area contributed by atoms with E-state index in [2.05, 4.69) is 6.07 Å². The second-order valence-corrected chi connectivity index (χ2v) is 4.30. The van der Waals surface area contributed by atoms with Crippen molar-refractivity contribution in [2.24, 2.45) is 0 Å². The summed E-state index contributed by atoms with van der Waals surface area (Å²) in [4.78, 5) is 10.2. The lowest BCUT2D eigenvalue weighted by molar-refractivity contribution is -0.384. The monoisotopic (exact) mass is 268 g/mol. The van der Waals surface area contributed by atoms with Crippen LogP contribution in [-0.2, 0) is 6.61 Å². The van der Waals surface area contributed by atoms with E-state index in [1.54, 1.807) is 24.3 Å². The van der Waals surface area contributed by atoms with Crippen LogP contribution in [0.1, 0.15) is 16.7 Å². The second-order valence-electron chi connectivity index (χ2n) is 4.30. The Balaban J connectivity index is 2.11. The maximum atomic E-state index is 10.7. The summed E-state index contributed by atoms with van der Waals surface area (Å²) < 4.78 is 5.55. The number of nitrogens with zero attached hydrogens (tertiary/aromatic N) is 2. The first-order valence-corrected chi connectivity index (χ1v) is 5.97. The van der Waals surface area contributed by atoms with Crippen LogP contribution in [0.25, 0.3) is 0 Å². The zero-order valence-electron chi connectivity index (χ0n) is 10.9. The molecular weight excluding hydrogens is 256 g/mol. The second kappa shape index (κ2) is 5.85. The van der Waals surface area contributed by atoms with E-state index in [1.807, 2.05) is 13.0 Å². The SMILES string of the molecule is Cc1cc(C#N)ccc1COc1cccc([N+](=O)[O-])c1. The molecule has 0 radical (unpaired) electrons. The van der Waals surface area contributed by atoms with E-state index in [4.69, 9.17) is 10.00 Å². The molecule has 0 aliphatic rings. The van der Waals surface area contributed by atoms with Gasteiger partial charge in [0.05, 0.1) is 22.6 Å². The van der Waals surface area contributed by atoms with Gasteiger partial charge in [0.15, 0.2) is 0 Å². The van der Waals surface area contributed by atoms with Crippen LogP contribution in [0.5, 0.6) is 5.75 Å². The van der Waals surface area contributed by atoms with Crippen LogP contribution in [0.3, 0.4) is 0 Å². The average Bonchev–Trinajstić information content (AvgIpc) is 2.46. The summed E-state index contributed by atoms with van der Waals surface area (Å²) in [6.07, 6.45) is 0. The lowest BCUT2D eigenvalue weighted by Gasteiger charge is -2.08. The molecule has 0 saturated heterocycles. The minimum atomic E-state index is -0.459. The van der Waals surface area contributed by atoms with Crippen molar-refractivity contribution in [1.82, 2.24) is 0 Å². The predicted octanol–water partition coefficient (Wildman–Crippen LogP) is 3.35. The van der Waals surface area contributed by atoms with Crippen molar-refractivity contribution in [3.63, 3.8) is 0 Å². The van der Waals surface area contributed by atoms with Crippen LogP contribution >= 0.6 is 0 Å². The van der Waals surface area contributed by atoms with Gasteiger partial charge in [-0.25, -0.2) is 0 Å². The molecule has 0 aromatic heterocycles. The van der Waals surface area contributed by atoms with Gasteiger partial charge in [-0.1, -0.05) is 12.1 Å². The number of aryl methyl sites for hydroxylation is 1. The van der Waals surface area contributed by atoms with Crippen molar-refractivity contribution in [1.29, 1.82) is 5.26 Å². The molecule has 5 heteroatoms. The van der Waals surface area contributed by atoms with E-state index in [0.717, 1.165) is 11.1 Å². The van der Waals surface area contributed by atoms with Crippen LogP contribution in [-0.4, -0.2) is 4.92 Å². The van der Waals surface area contributed by atoms with Gasteiger partial charge in [-0.3, -0.25) is 10.1 Å². The molecule has 0 fully saturated rings. The Hall–Kier alpha value is -2.87. The Morgan fingerprint density at radius 3 is 2.75 bits per heavy atom. The topological polar surface area (TPSA) is 76.2 Å². The van der Waals surface area contributed by atoms with Crippen molar-refractivity contribution >= 4 is 5.69 Å². The molecule has 0 amide bonds. The van der Waals surface area contributed by atoms with Gasteiger partial charge < -0.3 is 4.74 Å². The van der Waals surface area contributed by atoms with Crippen LogP contribution in [0.4, 0.5) is 5.69 Å². The highest BCUT2D eigenvalue weighted by molar-refractivity contribution is 5.39. The number of benzene rings is 2. The molecule has 0 saturated carbocycles. The van der Waals surface area contributed by atoms with Crippen molar-refractivity contribution in [3.05, 3.63) is 69.3 Å². The highest BCUT2D eigenvalue weighted by Crippen LogP contribution is 2.21. The van der Waals surface area contributed by atoms with Crippen molar-refractivity contribution in [2.45, 2.75) is 13.5 Å². The maximum Gasteiger partial charge on any atom is 0.273 e. The number of rotatable bonds is 4. The number of nitriles is 1. The van der Waals surface area contributed by atoms with Gasteiger partial charge in [0.25, 0.3) is 5.69 Å². The third kappa shape index (κ3) is 3.12. The zero-order valence-corrected chi connectivity index (χ0v) is 10.9. The highest BCUT2D eigenvalue weighted by Gasteiger charge is 2.07. The summed E-state index contributed by atoms with van der Waals surface area (Å²) in [5.41, 5.74) is 2.49. The molecule has 0 N–H and O–H groups in total. The van der Waals surface area contributed by atoms with Crippen LogP contribution in [0.15, 0.2) is 42.5 Å². The summed E-state index contributed by atoms with van der Waals surface area (Å²) in [6.45, 7) is 2.20. The van der Waals surface area contributed by atoms with E-state index < -0.39 is 4.92 Å². The third-order valence-electron chi connectivity index (χ3n) is 2.89. The summed E-state index contributed by atoms with van der Waals surface area (Å²) in [5, 5.41) is 19.5. The Kier molecular flexibility index (Phi) is 3.96. The lowest BCUT2D eigenvalue weighted by Crippen LogP contribution is -1.99. The molecule has 2 aromatic carbocycles. The van der Waals surface area contributed by atoms with E-state index in [9.17, 15) is 10.1 Å². The normalized spacial score (nSPS) is 9.80. The molecule has 0 unspecified atom stereocenters.